The van der Waals surface area contributed by atoms with Crippen LogP contribution in [0.3, 0.4) is 0 Å². The Morgan fingerprint density at radius 2 is 1.43 bits per heavy atom. The van der Waals surface area contributed by atoms with Gasteiger partial charge in [-0.15, -0.1) is 0 Å². The van der Waals surface area contributed by atoms with Crippen molar-refractivity contribution in [2.45, 2.75) is 173 Å². The van der Waals surface area contributed by atoms with Gasteiger partial charge in [-0.2, -0.15) is 5.26 Å². The molecule has 416 valence electrons. The van der Waals surface area contributed by atoms with Crippen LogP contribution in [-0.2, 0) is 40.9 Å². The summed E-state index contributed by atoms with van der Waals surface area (Å²) in [6, 6.07) is 30.1. The van der Waals surface area contributed by atoms with Crippen molar-refractivity contribution in [3.8, 4) is 23.3 Å². The fraction of sp³-hybridized carbons (Fsp3) is 0.557. The van der Waals surface area contributed by atoms with E-state index in [1.54, 1.807) is 14.2 Å². The van der Waals surface area contributed by atoms with E-state index in [-0.39, 0.29) is 53.7 Å². The van der Waals surface area contributed by atoms with E-state index in [2.05, 4.69) is 147 Å². The number of amides is 1. The molecule has 0 aliphatic carbocycles. The number of carbonyl (C=O) groups excluding carboxylic acids is 2. The molecule has 1 amide bonds. The van der Waals surface area contributed by atoms with E-state index in [4.69, 9.17) is 37.3 Å². The molecule has 4 aliphatic rings. The smallest absolute Gasteiger partial charge is 0.410 e. The lowest BCUT2D eigenvalue weighted by Gasteiger charge is -2.56. The number of ether oxygens (including phenoxy) is 6. The van der Waals surface area contributed by atoms with Gasteiger partial charge in [0.05, 0.1) is 62.8 Å². The van der Waals surface area contributed by atoms with Crippen LogP contribution >= 0.6 is 0 Å². The van der Waals surface area contributed by atoms with Crippen LogP contribution in [0.2, 0.25) is 23.2 Å². The first kappa shape index (κ1) is 58.1. The number of piperazine rings is 1. The number of rotatable bonds is 16. The predicted octanol–water partition coefficient (Wildman–Crippen LogP) is 9.95. The highest BCUT2D eigenvalue weighted by molar-refractivity contribution is 6.99. The molecular formula is C61H84N4O10Si2. The molecule has 77 heavy (non-hydrogen) atoms. The molecule has 0 spiro atoms. The van der Waals surface area contributed by atoms with Gasteiger partial charge in [0.25, 0.3) is 8.32 Å². The summed E-state index contributed by atoms with van der Waals surface area (Å²) in [6.45, 7) is 25.9. The molecule has 3 fully saturated rings. The second-order valence-electron chi connectivity index (χ2n) is 24.7. The molecule has 4 heterocycles. The maximum atomic E-state index is 15.1. The van der Waals surface area contributed by atoms with Crippen molar-refractivity contribution >= 4 is 39.1 Å². The zero-order valence-electron chi connectivity index (χ0n) is 48.5. The van der Waals surface area contributed by atoms with Gasteiger partial charge in [0.1, 0.15) is 18.4 Å². The zero-order valence-corrected chi connectivity index (χ0v) is 50.5. The van der Waals surface area contributed by atoms with Crippen molar-refractivity contribution in [1.29, 1.82) is 5.26 Å². The Bertz CT molecular complexity index is 2730. The monoisotopic (exact) mass is 1090 g/mol. The van der Waals surface area contributed by atoms with Crippen molar-refractivity contribution in [2.24, 2.45) is 5.92 Å². The summed E-state index contributed by atoms with van der Waals surface area (Å²) >= 11 is 0. The van der Waals surface area contributed by atoms with Gasteiger partial charge in [-0.25, -0.2) is 4.79 Å². The fourth-order valence-electron chi connectivity index (χ4n) is 13.5. The zero-order chi connectivity index (χ0) is 56.0. The summed E-state index contributed by atoms with van der Waals surface area (Å²) in [7, 11) is 1.88. The van der Waals surface area contributed by atoms with E-state index in [9.17, 15) is 10.1 Å². The van der Waals surface area contributed by atoms with Crippen molar-refractivity contribution < 1.29 is 46.9 Å². The maximum absolute atomic E-state index is 15.1. The number of hydrogen-bond donors (Lipinski definition) is 0. The lowest BCUT2D eigenvalue weighted by molar-refractivity contribution is -0.257. The van der Waals surface area contributed by atoms with Crippen LogP contribution in [0.15, 0.2) is 91.0 Å². The number of fused-ring (bicyclic) bond motifs is 5. The van der Waals surface area contributed by atoms with Crippen LogP contribution in [0.4, 0.5) is 4.79 Å². The predicted molar refractivity (Wildman–Crippen MR) is 304 cm³/mol. The first-order valence-corrected chi connectivity index (χ1v) is 32.2. The highest BCUT2D eigenvalue weighted by Crippen LogP contribution is 2.56. The van der Waals surface area contributed by atoms with Crippen LogP contribution < -0.4 is 24.6 Å². The molecule has 4 aromatic rings. The Hall–Kier alpha value is -5.10. The number of likely N-dealkylation sites (N-methyl/N-ethyl adjacent to an activating group) is 1. The van der Waals surface area contributed by atoms with Crippen LogP contribution in [-0.4, -0.2) is 133 Å². The second kappa shape index (κ2) is 22.6. The maximum Gasteiger partial charge on any atom is 0.410 e. The van der Waals surface area contributed by atoms with Gasteiger partial charge in [0.2, 0.25) is 0 Å². The topological polar surface area (TPSA) is 141 Å². The summed E-state index contributed by atoms with van der Waals surface area (Å²) in [5, 5.41) is 13.9. The van der Waals surface area contributed by atoms with E-state index in [0.717, 1.165) is 21.5 Å². The molecule has 16 heteroatoms. The Labute approximate surface area is 460 Å². The molecule has 0 saturated carbocycles. The highest BCUT2D eigenvalue weighted by atomic mass is 28.4. The summed E-state index contributed by atoms with van der Waals surface area (Å²) in [4.78, 5) is 34.7. The summed E-state index contributed by atoms with van der Waals surface area (Å²) < 4.78 is 54.1. The van der Waals surface area contributed by atoms with Crippen LogP contribution in [0.25, 0.3) is 0 Å². The van der Waals surface area contributed by atoms with Gasteiger partial charge in [-0.1, -0.05) is 133 Å². The standard InChI is InChI=1S/C61H84N4O10Si2/c1-39-54(68-13)46-33-48-47-32-43(37-72-77(60(7,8)9,44-28-22-18-23-29-44)45-30-24-19-25-31-45)53(65(47)58(67)71-36-42-26-20-17-21-27-42)49(35-62)64(48)50(52(46)56(55(39)69-14)74-41(3)66)38-70-51-34-61(10,57(63(11)12)40(2)73-51)75-76(15,16)59(4,5)6/h17-31,40,43,47-51,53,57H,32-34,36-38H2,1-16H3/t40-,43-,47+,48-,49-,50-,51+,53-,57+,61-/m0/s1. The summed E-state index contributed by atoms with van der Waals surface area (Å²) in [5.74, 6) is 0.329. The highest BCUT2D eigenvalue weighted by Gasteiger charge is 2.63. The lowest BCUT2D eigenvalue weighted by Crippen LogP contribution is -2.69. The summed E-state index contributed by atoms with van der Waals surface area (Å²) in [5.41, 5.74) is 2.27. The molecule has 4 aromatic carbocycles. The Morgan fingerprint density at radius 1 is 0.844 bits per heavy atom. The Morgan fingerprint density at radius 3 is 1.95 bits per heavy atom. The minimum absolute atomic E-state index is 0.0205. The van der Waals surface area contributed by atoms with Crippen LogP contribution in [0.1, 0.15) is 103 Å². The lowest BCUT2D eigenvalue weighted by atomic mass is 9.80. The third kappa shape index (κ3) is 10.9. The fourth-order valence-corrected chi connectivity index (χ4v) is 19.8. The molecule has 2 bridgehead atoms. The normalized spacial score (nSPS) is 26.6. The molecule has 0 unspecified atom stereocenters. The first-order chi connectivity index (χ1) is 36.3. The number of benzene rings is 4. The average molecular weight is 1090 g/mol. The van der Waals surface area contributed by atoms with Gasteiger partial charge in [0, 0.05) is 48.6 Å². The van der Waals surface area contributed by atoms with E-state index in [1.165, 1.54) is 6.92 Å². The molecule has 0 radical (unpaired) electrons. The van der Waals surface area contributed by atoms with Gasteiger partial charge in [0.15, 0.2) is 26.1 Å². The quantitative estimate of drug-likeness (QED) is 0.0598. The number of hydrogen-bond acceptors (Lipinski definition) is 13. The van der Waals surface area contributed by atoms with E-state index in [1.807, 2.05) is 54.3 Å². The largest absolute Gasteiger partial charge is 0.496 e. The first-order valence-electron chi connectivity index (χ1n) is 27.3. The van der Waals surface area contributed by atoms with Gasteiger partial charge >= 0.3 is 12.1 Å². The third-order valence-corrected chi connectivity index (χ3v) is 27.0. The Balaban J connectivity index is 1.27. The van der Waals surface area contributed by atoms with Crippen LogP contribution in [0.5, 0.6) is 17.2 Å². The van der Waals surface area contributed by atoms with Crippen molar-refractivity contribution in [3.63, 3.8) is 0 Å². The van der Waals surface area contributed by atoms with Crippen molar-refractivity contribution in [1.82, 2.24) is 14.7 Å². The van der Waals surface area contributed by atoms with Crippen molar-refractivity contribution in [3.05, 3.63) is 113 Å². The van der Waals surface area contributed by atoms with E-state index < -0.39 is 70.8 Å². The Kier molecular flexibility index (Phi) is 17.0. The number of esters is 1. The number of methoxy groups -OCH3 is 2. The molecule has 3 saturated heterocycles. The third-order valence-electron chi connectivity index (χ3n) is 17.4. The molecule has 4 aliphatic heterocycles. The second-order valence-corrected chi connectivity index (χ2v) is 33.7. The minimum Gasteiger partial charge on any atom is -0.496 e. The molecule has 0 N–H and O–H groups in total. The SMILES string of the molecule is COc1c(C)c(OC)c(OC(C)=O)c2c1C[C@H]1[C@H]3C[C@@H](CO[Si](c4ccccc4)(c4ccccc4)C(C)(C)C)[C@@H]([C@H](C#N)N1[C@H]2CO[C@H]1C[C@](C)(O[Si](C)(C)C(C)(C)C)[C@H](N(C)C)[C@H](C)O1)N3C(=O)OCc1ccccc1. The molecule has 14 nitrogen and oxygen atoms in total. The van der Waals surface area contributed by atoms with Gasteiger partial charge in [-0.05, 0) is 86.8 Å². The van der Waals surface area contributed by atoms with E-state index >= 15 is 4.79 Å². The number of nitrogens with zero attached hydrogens (tertiary/aromatic N) is 4. The average Bonchev–Trinajstić information content (AvgIpc) is 3.82. The molecule has 8 rings (SSSR count). The van der Waals surface area contributed by atoms with Crippen molar-refractivity contribution in [2.75, 3.05) is 41.5 Å². The molecule has 10 atom stereocenters. The number of carbonyl (C=O) groups is 2. The number of nitriles is 1. The van der Waals surface area contributed by atoms with Gasteiger partial charge < -0.3 is 42.2 Å². The van der Waals surface area contributed by atoms with Crippen LogP contribution in [0, 0.1) is 24.2 Å². The minimum atomic E-state index is -3.10. The van der Waals surface area contributed by atoms with Gasteiger partial charge in [-0.3, -0.25) is 14.6 Å². The van der Waals surface area contributed by atoms with E-state index in [0.29, 0.717) is 41.9 Å². The summed E-state index contributed by atoms with van der Waals surface area (Å²) in [6.07, 6.45) is -0.191. The molecule has 0 aromatic heterocycles. The molecular weight excluding hydrogens is 1000 g/mol.